The highest BCUT2D eigenvalue weighted by molar-refractivity contribution is 5.82. The molecular formula is C21H38O4. The van der Waals surface area contributed by atoms with Crippen LogP contribution in [0.4, 0.5) is 0 Å². The van der Waals surface area contributed by atoms with Gasteiger partial charge in [0.25, 0.3) is 0 Å². The Hall–Kier alpha value is -1.06. The number of rotatable bonds is 9. The second-order valence-corrected chi connectivity index (χ2v) is 8.80. The highest BCUT2D eigenvalue weighted by atomic mass is 16.6. The first-order chi connectivity index (χ1) is 11.7. The molecule has 0 aliphatic heterocycles. The van der Waals surface area contributed by atoms with E-state index >= 15 is 0 Å². The molecule has 0 radical (unpaired) electrons. The summed E-state index contributed by atoms with van der Waals surface area (Å²) in [4.78, 5) is 24.8. The van der Waals surface area contributed by atoms with Crippen LogP contribution in [-0.4, -0.2) is 24.1 Å². The Morgan fingerprint density at radius 2 is 1.48 bits per heavy atom. The number of carbonyl (C=O) groups is 2. The van der Waals surface area contributed by atoms with Crippen molar-refractivity contribution in [2.24, 2.45) is 17.8 Å². The van der Waals surface area contributed by atoms with E-state index in [0.29, 0.717) is 6.61 Å². The summed E-state index contributed by atoms with van der Waals surface area (Å²) in [5, 5.41) is 0. The number of ether oxygens (including phenoxy) is 2. The van der Waals surface area contributed by atoms with E-state index in [1.807, 2.05) is 20.8 Å². The predicted octanol–water partition coefficient (Wildman–Crippen LogP) is 5.28. The van der Waals surface area contributed by atoms with Crippen LogP contribution in [0.3, 0.4) is 0 Å². The van der Waals surface area contributed by atoms with Gasteiger partial charge in [0.05, 0.1) is 18.4 Å². The predicted molar refractivity (Wildman–Crippen MR) is 100 cm³/mol. The molecule has 0 aromatic rings. The molecule has 0 aromatic heterocycles. The number of hydrogen-bond donors (Lipinski definition) is 0. The topological polar surface area (TPSA) is 52.6 Å². The Balaban J connectivity index is 2.35. The molecule has 0 bridgehead atoms. The van der Waals surface area contributed by atoms with Crippen molar-refractivity contribution >= 4 is 11.9 Å². The van der Waals surface area contributed by atoms with E-state index in [1.54, 1.807) is 0 Å². The van der Waals surface area contributed by atoms with Crippen molar-refractivity contribution in [1.29, 1.82) is 0 Å². The van der Waals surface area contributed by atoms with Crippen molar-refractivity contribution in [3.63, 3.8) is 0 Å². The molecule has 1 aliphatic carbocycles. The summed E-state index contributed by atoms with van der Waals surface area (Å²) < 4.78 is 11.0. The summed E-state index contributed by atoms with van der Waals surface area (Å²) in [5.41, 5.74) is -0.515. The molecule has 25 heavy (non-hydrogen) atoms. The maximum Gasteiger partial charge on any atom is 0.310 e. The lowest BCUT2D eigenvalue weighted by Crippen LogP contribution is -2.38. The van der Waals surface area contributed by atoms with Gasteiger partial charge in [0.2, 0.25) is 0 Å². The monoisotopic (exact) mass is 354 g/mol. The minimum Gasteiger partial charge on any atom is -0.465 e. The minimum atomic E-state index is -0.515. The average molecular weight is 355 g/mol. The van der Waals surface area contributed by atoms with Crippen LogP contribution in [0.1, 0.15) is 92.4 Å². The summed E-state index contributed by atoms with van der Waals surface area (Å²) in [6, 6.07) is 0. The average Bonchev–Trinajstić information content (AvgIpc) is 2.51. The summed E-state index contributed by atoms with van der Waals surface area (Å²) >= 11 is 0. The third-order valence-corrected chi connectivity index (χ3v) is 4.70. The first kappa shape index (κ1) is 22.0. The molecule has 0 N–H and O–H groups in total. The fourth-order valence-corrected chi connectivity index (χ4v) is 3.36. The SMILES string of the molecule is CC(C)CCCCCCOC(=O)C1CCCCC1C(=O)OC(C)(C)C. The van der Waals surface area contributed by atoms with Crippen molar-refractivity contribution in [2.75, 3.05) is 6.61 Å². The van der Waals surface area contributed by atoms with Crippen molar-refractivity contribution in [1.82, 2.24) is 0 Å². The maximum absolute atomic E-state index is 12.4. The number of hydrogen-bond acceptors (Lipinski definition) is 4. The van der Waals surface area contributed by atoms with E-state index < -0.39 is 5.60 Å². The zero-order valence-corrected chi connectivity index (χ0v) is 16.9. The molecule has 1 rings (SSSR count). The van der Waals surface area contributed by atoms with Gasteiger partial charge >= 0.3 is 11.9 Å². The van der Waals surface area contributed by atoms with Gasteiger partial charge in [0, 0.05) is 0 Å². The van der Waals surface area contributed by atoms with Crippen LogP contribution in [0.15, 0.2) is 0 Å². The van der Waals surface area contributed by atoms with Crippen LogP contribution < -0.4 is 0 Å². The molecule has 2 atom stereocenters. The fraction of sp³-hybridized carbons (Fsp3) is 0.905. The molecule has 1 fully saturated rings. The van der Waals surface area contributed by atoms with Crippen molar-refractivity contribution in [3.8, 4) is 0 Å². The molecule has 146 valence electrons. The number of esters is 2. The normalized spacial score (nSPS) is 21.2. The largest absolute Gasteiger partial charge is 0.465 e. The fourth-order valence-electron chi connectivity index (χ4n) is 3.36. The summed E-state index contributed by atoms with van der Waals surface area (Å²) in [7, 11) is 0. The van der Waals surface area contributed by atoms with Crippen LogP contribution in [0.25, 0.3) is 0 Å². The van der Waals surface area contributed by atoms with Gasteiger partial charge in [-0.2, -0.15) is 0 Å². The molecule has 0 saturated heterocycles. The van der Waals surface area contributed by atoms with Gasteiger partial charge in [0.1, 0.15) is 5.60 Å². The molecule has 4 heteroatoms. The summed E-state index contributed by atoms with van der Waals surface area (Å²) in [5.74, 6) is -0.370. The standard InChI is InChI=1S/C21H38O4/c1-16(2)12-8-6-7-11-15-24-19(22)17-13-9-10-14-18(17)20(23)25-21(3,4)5/h16-18H,6-15H2,1-5H3. The van der Waals surface area contributed by atoms with Crippen molar-refractivity contribution < 1.29 is 19.1 Å². The smallest absolute Gasteiger partial charge is 0.310 e. The number of carbonyl (C=O) groups excluding carboxylic acids is 2. The van der Waals surface area contributed by atoms with E-state index in [1.165, 1.54) is 19.3 Å². The van der Waals surface area contributed by atoms with Gasteiger partial charge in [0.15, 0.2) is 0 Å². The summed E-state index contributed by atoms with van der Waals surface area (Å²) in [6.45, 7) is 10.5. The molecule has 0 heterocycles. The third-order valence-electron chi connectivity index (χ3n) is 4.70. The highest BCUT2D eigenvalue weighted by Gasteiger charge is 2.39. The molecule has 0 spiro atoms. The first-order valence-corrected chi connectivity index (χ1v) is 10.1. The second kappa shape index (κ2) is 10.8. The Morgan fingerprint density at radius 3 is 2.04 bits per heavy atom. The van der Waals surface area contributed by atoms with E-state index in [9.17, 15) is 9.59 Å². The van der Waals surface area contributed by atoms with E-state index in [-0.39, 0.29) is 23.8 Å². The third kappa shape index (κ3) is 9.27. The Bertz CT molecular complexity index is 409. The van der Waals surface area contributed by atoms with Gasteiger partial charge < -0.3 is 9.47 Å². The lowest BCUT2D eigenvalue weighted by molar-refractivity contribution is -0.170. The quantitative estimate of drug-likeness (QED) is 0.417. The lowest BCUT2D eigenvalue weighted by Gasteiger charge is -2.31. The van der Waals surface area contributed by atoms with Gasteiger partial charge in [-0.25, -0.2) is 0 Å². The molecule has 0 amide bonds. The van der Waals surface area contributed by atoms with Crippen molar-refractivity contribution in [2.45, 2.75) is 98.0 Å². The lowest BCUT2D eigenvalue weighted by atomic mass is 9.79. The van der Waals surface area contributed by atoms with Gasteiger partial charge in [-0.3, -0.25) is 9.59 Å². The molecular weight excluding hydrogens is 316 g/mol. The minimum absolute atomic E-state index is 0.210. The van der Waals surface area contributed by atoms with Crippen LogP contribution in [0.2, 0.25) is 0 Å². The van der Waals surface area contributed by atoms with Gasteiger partial charge in [-0.15, -0.1) is 0 Å². The van der Waals surface area contributed by atoms with Gasteiger partial charge in [-0.1, -0.05) is 52.4 Å². The van der Waals surface area contributed by atoms with Gasteiger partial charge in [-0.05, 0) is 46.0 Å². The van der Waals surface area contributed by atoms with Crippen LogP contribution in [0.5, 0.6) is 0 Å². The van der Waals surface area contributed by atoms with Crippen LogP contribution >= 0.6 is 0 Å². The second-order valence-electron chi connectivity index (χ2n) is 8.80. The maximum atomic E-state index is 12.4. The Morgan fingerprint density at radius 1 is 0.920 bits per heavy atom. The van der Waals surface area contributed by atoms with Crippen molar-refractivity contribution in [3.05, 3.63) is 0 Å². The van der Waals surface area contributed by atoms with E-state index in [4.69, 9.17) is 9.47 Å². The molecule has 1 saturated carbocycles. The Kier molecular flexibility index (Phi) is 9.52. The molecule has 2 unspecified atom stereocenters. The number of unbranched alkanes of at least 4 members (excludes halogenated alkanes) is 3. The molecule has 0 aromatic carbocycles. The molecule has 1 aliphatic rings. The van der Waals surface area contributed by atoms with Crippen LogP contribution in [0, 0.1) is 17.8 Å². The highest BCUT2D eigenvalue weighted by Crippen LogP contribution is 2.33. The first-order valence-electron chi connectivity index (χ1n) is 10.1. The Labute approximate surface area is 154 Å². The van der Waals surface area contributed by atoms with E-state index in [0.717, 1.165) is 44.4 Å². The van der Waals surface area contributed by atoms with E-state index in [2.05, 4.69) is 13.8 Å². The molecule has 4 nitrogen and oxygen atoms in total. The van der Waals surface area contributed by atoms with Crippen LogP contribution in [-0.2, 0) is 19.1 Å². The zero-order valence-electron chi connectivity index (χ0n) is 16.9. The zero-order chi connectivity index (χ0) is 18.9. The summed E-state index contributed by atoms with van der Waals surface area (Å²) in [6.07, 6.45) is 9.13.